The van der Waals surface area contributed by atoms with Gasteiger partial charge in [0.15, 0.2) is 12.0 Å². The van der Waals surface area contributed by atoms with E-state index in [0.29, 0.717) is 6.42 Å². The van der Waals surface area contributed by atoms with Crippen LogP contribution in [-0.4, -0.2) is 87.8 Å². The second-order valence-electron chi connectivity index (χ2n) is 7.01. The summed E-state index contributed by atoms with van der Waals surface area (Å²) in [6.07, 6.45) is -1.70. The molecular formula is C17H31N7O8. The summed E-state index contributed by atoms with van der Waals surface area (Å²) in [5.74, 6) is -5.75. The van der Waals surface area contributed by atoms with Crippen molar-refractivity contribution < 1.29 is 39.3 Å². The van der Waals surface area contributed by atoms with Gasteiger partial charge < -0.3 is 48.5 Å². The van der Waals surface area contributed by atoms with Crippen molar-refractivity contribution >= 4 is 35.6 Å². The van der Waals surface area contributed by atoms with Gasteiger partial charge in [0.2, 0.25) is 17.7 Å². The zero-order chi connectivity index (χ0) is 25.0. The minimum Gasteiger partial charge on any atom is -0.481 e. The predicted molar refractivity (Wildman–Crippen MR) is 111 cm³/mol. The van der Waals surface area contributed by atoms with Crippen molar-refractivity contribution in [2.75, 3.05) is 6.54 Å². The number of carboxylic acids is 2. The molecule has 182 valence electrons. The number of nitrogens with one attached hydrogen (secondary N) is 3. The molecule has 0 bridgehead atoms. The number of nitrogens with zero attached hydrogens (tertiary/aromatic N) is 1. The number of aliphatic carboxylic acids is 2. The fraction of sp³-hybridized carbons (Fsp3) is 0.647. The molecule has 15 heteroatoms. The number of hydrogen-bond donors (Lipinski definition) is 9. The molecular weight excluding hydrogens is 430 g/mol. The van der Waals surface area contributed by atoms with E-state index in [0.717, 1.165) is 6.92 Å². The molecule has 12 N–H and O–H groups in total. The van der Waals surface area contributed by atoms with Crippen LogP contribution in [0.25, 0.3) is 0 Å². The van der Waals surface area contributed by atoms with Gasteiger partial charge in [-0.25, -0.2) is 4.79 Å². The van der Waals surface area contributed by atoms with E-state index < -0.39 is 66.4 Å². The summed E-state index contributed by atoms with van der Waals surface area (Å²) in [6, 6.07) is -5.54. The Labute approximate surface area is 183 Å². The van der Waals surface area contributed by atoms with Crippen molar-refractivity contribution in [2.24, 2.45) is 22.2 Å². The zero-order valence-corrected chi connectivity index (χ0v) is 17.8. The number of amides is 3. The lowest BCUT2D eigenvalue weighted by atomic mass is 10.1. The quantitative estimate of drug-likeness (QED) is 0.0679. The number of carbonyl (C=O) groups excluding carboxylic acids is 3. The zero-order valence-electron chi connectivity index (χ0n) is 17.8. The molecule has 5 atom stereocenters. The SMILES string of the molecule is CC(NC(=O)C(CC(=O)O)NC(=O)C(N)CCCN=C(N)N)C(=O)NC(C(=O)O)C(C)O. The number of guanidine groups is 1. The lowest BCUT2D eigenvalue weighted by Gasteiger charge is -2.23. The lowest BCUT2D eigenvalue weighted by Crippen LogP contribution is -2.57. The summed E-state index contributed by atoms with van der Waals surface area (Å²) in [5.41, 5.74) is 16.1. The number of aliphatic hydroxyl groups excluding tert-OH is 1. The summed E-state index contributed by atoms with van der Waals surface area (Å²) in [6.45, 7) is 2.59. The van der Waals surface area contributed by atoms with E-state index in [1.807, 2.05) is 5.32 Å². The number of rotatable bonds is 14. The van der Waals surface area contributed by atoms with Crippen molar-refractivity contribution in [1.29, 1.82) is 0 Å². The third-order valence-corrected chi connectivity index (χ3v) is 4.11. The molecule has 0 heterocycles. The fourth-order valence-electron chi connectivity index (χ4n) is 2.36. The van der Waals surface area contributed by atoms with E-state index >= 15 is 0 Å². The maximum absolute atomic E-state index is 12.4. The van der Waals surface area contributed by atoms with Crippen LogP contribution in [0.2, 0.25) is 0 Å². The smallest absolute Gasteiger partial charge is 0.328 e. The van der Waals surface area contributed by atoms with Gasteiger partial charge in [-0.05, 0) is 26.7 Å². The highest BCUT2D eigenvalue weighted by Crippen LogP contribution is 2.01. The summed E-state index contributed by atoms with van der Waals surface area (Å²) < 4.78 is 0. The number of aliphatic imine (C=N–C) groups is 1. The molecule has 0 aliphatic carbocycles. The Bertz CT molecular complexity index is 724. The van der Waals surface area contributed by atoms with Gasteiger partial charge in [0, 0.05) is 6.54 Å². The number of carboxylic acid groups (broad SMARTS) is 2. The van der Waals surface area contributed by atoms with E-state index in [9.17, 15) is 29.1 Å². The topological polar surface area (TPSA) is 273 Å². The van der Waals surface area contributed by atoms with Gasteiger partial charge in [-0.2, -0.15) is 0 Å². The van der Waals surface area contributed by atoms with Gasteiger partial charge in [0.25, 0.3) is 0 Å². The van der Waals surface area contributed by atoms with Gasteiger partial charge in [-0.1, -0.05) is 0 Å². The normalized spacial score (nSPS) is 15.2. The third kappa shape index (κ3) is 11.1. The summed E-state index contributed by atoms with van der Waals surface area (Å²) in [5, 5.41) is 33.9. The van der Waals surface area contributed by atoms with Crippen LogP contribution >= 0.6 is 0 Å². The minimum absolute atomic E-state index is 0.123. The highest BCUT2D eigenvalue weighted by Gasteiger charge is 2.30. The molecule has 0 saturated heterocycles. The van der Waals surface area contributed by atoms with Crippen LogP contribution in [0, 0.1) is 0 Å². The minimum atomic E-state index is -1.62. The Kier molecular flexibility index (Phi) is 12.3. The van der Waals surface area contributed by atoms with Gasteiger partial charge in [-0.3, -0.25) is 24.2 Å². The maximum Gasteiger partial charge on any atom is 0.328 e. The van der Waals surface area contributed by atoms with Gasteiger partial charge in [0.1, 0.15) is 12.1 Å². The van der Waals surface area contributed by atoms with Crippen molar-refractivity contribution in [2.45, 2.75) is 63.4 Å². The van der Waals surface area contributed by atoms with E-state index in [4.69, 9.17) is 27.4 Å². The number of nitrogens with two attached hydrogens (primary N) is 3. The van der Waals surface area contributed by atoms with Crippen LogP contribution in [0.1, 0.15) is 33.1 Å². The third-order valence-electron chi connectivity index (χ3n) is 4.11. The Hall–Kier alpha value is -3.46. The summed E-state index contributed by atoms with van der Waals surface area (Å²) in [7, 11) is 0. The Morgan fingerprint density at radius 2 is 1.53 bits per heavy atom. The molecule has 0 radical (unpaired) electrons. The first-order valence-corrected chi connectivity index (χ1v) is 9.61. The standard InChI is InChI=1S/C17H31N7O8/c1-7(13(28)24-12(8(2)25)16(31)32)22-15(30)10(6-11(26)27)23-14(29)9(18)4-3-5-21-17(19)20/h7-10,12,25H,3-6,18H2,1-2H3,(H,22,30)(H,23,29)(H,24,28)(H,26,27)(H,31,32)(H4,19,20,21). The maximum atomic E-state index is 12.4. The number of hydrogen-bond acceptors (Lipinski definition) is 8. The van der Waals surface area contributed by atoms with E-state index in [2.05, 4.69) is 15.6 Å². The largest absolute Gasteiger partial charge is 0.481 e. The molecule has 5 unspecified atom stereocenters. The molecule has 0 fully saturated rings. The summed E-state index contributed by atoms with van der Waals surface area (Å²) >= 11 is 0. The summed E-state index contributed by atoms with van der Waals surface area (Å²) in [4.78, 5) is 62.6. The first-order chi connectivity index (χ1) is 14.8. The molecule has 0 rings (SSSR count). The van der Waals surface area contributed by atoms with Gasteiger partial charge >= 0.3 is 11.9 Å². The first-order valence-electron chi connectivity index (χ1n) is 9.61. The van der Waals surface area contributed by atoms with E-state index in [1.54, 1.807) is 0 Å². The van der Waals surface area contributed by atoms with Crippen LogP contribution in [-0.2, 0) is 24.0 Å². The van der Waals surface area contributed by atoms with Crippen molar-refractivity contribution in [3.05, 3.63) is 0 Å². The highest BCUT2D eigenvalue weighted by atomic mass is 16.4. The average molecular weight is 461 g/mol. The van der Waals surface area contributed by atoms with E-state index in [-0.39, 0.29) is 18.9 Å². The molecule has 0 aliphatic heterocycles. The van der Waals surface area contributed by atoms with Crippen molar-refractivity contribution in [1.82, 2.24) is 16.0 Å². The molecule has 15 nitrogen and oxygen atoms in total. The average Bonchev–Trinajstić information content (AvgIpc) is 2.67. The molecule has 0 saturated carbocycles. The highest BCUT2D eigenvalue weighted by molar-refractivity contribution is 5.95. The number of carbonyl (C=O) groups is 5. The van der Waals surface area contributed by atoms with Gasteiger partial charge in [0.05, 0.1) is 18.6 Å². The molecule has 0 aromatic carbocycles. The van der Waals surface area contributed by atoms with Crippen LogP contribution in [0.15, 0.2) is 4.99 Å². The Morgan fingerprint density at radius 3 is 2.00 bits per heavy atom. The van der Waals surface area contributed by atoms with Crippen LogP contribution < -0.4 is 33.2 Å². The molecule has 0 aromatic rings. The second-order valence-corrected chi connectivity index (χ2v) is 7.01. The van der Waals surface area contributed by atoms with Crippen LogP contribution in [0.3, 0.4) is 0 Å². The van der Waals surface area contributed by atoms with E-state index in [1.165, 1.54) is 6.92 Å². The van der Waals surface area contributed by atoms with Crippen molar-refractivity contribution in [3.8, 4) is 0 Å². The van der Waals surface area contributed by atoms with Crippen molar-refractivity contribution in [3.63, 3.8) is 0 Å². The molecule has 0 aromatic heterocycles. The Morgan fingerprint density at radius 1 is 0.938 bits per heavy atom. The second kappa shape index (κ2) is 13.8. The lowest BCUT2D eigenvalue weighted by molar-refractivity contribution is -0.145. The molecule has 3 amide bonds. The first kappa shape index (κ1) is 28.5. The Balaban J connectivity index is 5.01. The van der Waals surface area contributed by atoms with Crippen LogP contribution in [0.5, 0.6) is 0 Å². The van der Waals surface area contributed by atoms with Gasteiger partial charge in [-0.15, -0.1) is 0 Å². The fourth-order valence-corrected chi connectivity index (χ4v) is 2.36. The van der Waals surface area contributed by atoms with Crippen LogP contribution in [0.4, 0.5) is 0 Å². The number of aliphatic hydroxyl groups is 1. The predicted octanol–water partition coefficient (Wildman–Crippen LogP) is -4.22. The molecule has 0 spiro atoms. The molecule has 32 heavy (non-hydrogen) atoms. The molecule has 0 aliphatic rings. The monoisotopic (exact) mass is 461 g/mol.